The Kier molecular flexibility index (Phi) is 3.94. The molecule has 0 spiro atoms. The van der Waals surface area contributed by atoms with Crippen molar-refractivity contribution >= 4 is 0 Å². The minimum atomic E-state index is -0.180. The molecule has 2 heterocycles. The SMILES string of the molecule is COc1cc([C@H]2OC[C@H]3[C@@H]2CO[C@@H]3c2ccc(O)c(O)c2)ccc1O. The van der Waals surface area contributed by atoms with Crippen LogP contribution in [0.3, 0.4) is 0 Å². The van der Waals surface area contributed by atoms with E-state index in [0.717, 1.165) is 11.1 Å². The molecule has 0 unspecified atom stereocenters. The first-order chi connectivity index (χ1) is 12.1. The lowest BCUT2D eigenvalue weighted by Crippen LogP contribution is -2.14. The fourth-order valence-corrected chi connectivity index (χ4v) is 3.82. The second-order valence-electron chi connectivity index (χ2n) is 6.52. The Morgan fingerprint density at radius 1 is 0.800 bits per heavy atom. The molecule has 2 aromatic carbocycles. The fourth-order valence-electron chi connectivity index (χ4n) is 3.82. The van der Waals surface area contributed by atoms with Crippen LogP contribution in [0.1, 0.15) is 23.3 Å². The van der Waals surface area contributed by atoms with Crippen molar-refractivity contribution in [1.82, 2.24) is 0 Å². The molecule has 132 valence electrons. The standard InChI is InChI=1S/C19H20O6/c1-23-17-7-11(3-5-15(17)21)19-13-9-24-18(12(13)8-25-19)10-2-4-14(20)16(22)6-10/h2-7,12-13,18-22H,8-9H2,1H3/t12-,13-,18+,19+/m0/s1. The first kappa shape index (κ1) is 16.1. The quantitative estimate of drug-likeness (QED) is 0.742. The molecule has 0 amide bonds. The number of methoxy groups -OCH3 is 1. The Morgan fingerprint density at radius 2 is 1.36 bits per heavy atom. The van der Waals surface area contributed by atoms with Crippen molar-refractivity contribution < 1.29 is 29.5 Å². The fraction of sp³-hybridized carbons (Fsp3) is 0.368. The van der Waals surface area contributed by atoms with Crippen LogP contribution in [0.4, 0.5) is 0 Å². The predicted octanol–water partition coefficient (Wildman–Crippen LogP) is 2.89. The van der Waals surface area contributed by atoms with E-state index in [1.54, 1.807) is 24.3 Å². The van der Waals surface area contributed by atoms with Crippen LogP contribution in [0.25, 0.3) is 0 Å². The summed E-state index contributed by atoms with van der Waals surface area (Å²) in [5.41, 5.74) is 1.77. The van der Waals surface area contributed by atoms with E-state index in [0.29, 0.717) is 19.0 Å². The molecule has 4 rings (SSSR count). The minimum Gasteiger partial charge on any atom is -0.504 e. The van der Waals surface area contributed by atoms with Gasteiger partial charge in [-0.1, -0.05) is 12.1 Å². The van der Waals surface area contributed by atoms with Crippen molar-refractivity contribution in [3.63, 3.8) is 0 Å². The van der Waals surface area contributed by atoms with Gasteiger partial charge in [-0.15, -0.1) is 0 Å². The van der Waals surface area contributed by atoms with Gasteiger partial charge in [0, 0.05) is 11.8 Å². The molecule has 0 aromatic heterocycles. The maximum atomic E-state index is 9.77. The zero-order valence-electron chi connectivity index (χ0n) is 13.8. The van der Waals surface area contributed by atoms with Gasteiger partial charge in [0.05, 0.1) is 32.5 Å². The molecular weight excluding hydrogens is 324 g/mol. The third-order valence-corrected chi connectivity index (χ3v) is 5.12. The highest BCUT2D eigenvalue weighted by atomic mass is 16.5. The summed E-state index contributed by atoms with van der Waals surface area (Å²) in [5.74, 6) is 0.562. The van der Waals surface area contributed by atoms with Gasteiger partial charge in [0.1, 0.15) is 0 Å². The van der Waals surface area contributed by atoms with Crippen molar-refractivity contribution in [2.24, 2.45) is 11.8 Å². The summed E-state index contributed by atoms with van der Waals surface area (Å²) in [7, 11) is 1.52. The van der Waals surface area contributed by atoms with E-state index in [2.05, 4.69) is 0 Å². The largest absolute Gasteiger partial charge is 0.504 e. The van der Waals surface area contributed by atoms with Crippen molar-refractivity contribution in [2.45, 2.75) is 12.2 Å². The van der Waals surface area contributed by atoms with E-state index in [9.17, 15) is 15.3 Å². The zero-order chi connectivity index (χ0) is 17.6. The summed E-state index contributed by atoms with van der Waals surface area (Å²) in [6, 6.07) is 10.0. The molecule has 0 aliphatic carbocycles. The van der Waals surface area contributed by atoms with Crippen molar-refractivity contribution in [1.29, 1.82) is 0 Å². The van der Waals surface area contributed by atoms with E-state index in [-0.39, 0.29) is 41.3 Å². The molecule has 0 radical (unpaired) electrons. The van der Waals surface area contributed by atoms with E-state index in [1.165, 1.54) is 13.2 Å². The Hall–Kier alpha value is -2.44. The highest BCUT2D eigenvalue weighted by Gasteiger charge is 2.48. The molecule has 4 atom stereocenters. The molecule has 0 bridgehead atoms. The molecule has 3 N–H and O–H groups in total. The summed E-state index contributed by atoms with van der Waals surface area (Å²) in [6.07, 6.45) is -0.310. The summed E-state index contributed by atoms with van der Waals surface area (Å²) in [6.45, 7) is 1.09. The van der Waals surface area contributed by atoms with Gasteiger partial charge >= 0.3 is 0 Å². The molecule has 2 saturated heterocycles. The third-order valence-electron chi connectivity index (χ3n) is 5.12. The Bertz CT molecular complexity index is 789. The van der Waals surface area contributed by atoms with Crippen molar-refractivity contribution in [2.75, 3.05) is 20.3 Å². The number of hydrogen-bond donors (Lipinski definition) is 3. The summed E-state index contributed by atoms with van der Waals surface area (Å²) in [4.78, 5) is 0. The van der Waals surface area contributed by atoms with Crippen molar-refractivity contribution in [3.8, 4) is 23.0 Å². The molecule has 2 aliphatic heterocycles. The molecule has 2 aliphatic rings. The highest BCUT2D eigenvalue weighted by Crippen LogP contribution is 2.51. The highest BCUT2D eigenvalue weighted by molar-refractivity contribution is 5.44. The molecule has 2 aromatic rings. The average molecular weight is 344 g/mol. The van der Waals surface area contributed by atoms with Gasteiger partial charge in [-0.3, -0.25) is 0 Å². The van der Waals surface area contributed by atoms with Gasteiger partial charge in [-0.2, -0.15) is 0 Å². The smallest absolute Gasteiger partial charge is 0.160 e. The molecular formula is C19H20O6. The van der Waals surface area contributed by atoms with Crippen LogP contribution in [-0.2, 0) is 9.47 Å². The third kappa shape index (κ3) is 2.67. The van der Waals surface area contributed by atoms with Gasteiger partial charge in [-0.25, -0.2) is 0 Å². The van der Waals surface area contributed by atoms with Gasteiger partial charge in [0.25, 0.3) is 0 Å². The van der Waals surface area contributed by atoms with Gasteiger partial charge in [0.2, 0.25) is 0 Å². The van der Waals surface area contributed by atoms with E-state index >= 15 is 0 Å². The van der Waals surface area contributed by atoms with E-state index in [1.807, 2.05) is 6.07 Å². The second-order valence-corrected chi connectivity index (χ2v) is 6.52. The lowest BCUT2D eigenvalue weighted by atomic mass is 9.85. The summed E-state index contributed by atoms with van der Waals surface area (Å²) >= 11 is 0. The topological polar surface area (TPSA) is 88.4 Å². The lowest BCUT2D eigenvalue weighted by molar-refractivity contribution is 0.0191. The first-order valence-corrected chi connectivity index (χ1v) is 8.20. The number of phenols is 3. The Morgan fingerprint density at radius 3 is 1.92 bits per heavy atom. The van der Waals surface area contributed by atoms with Crippen LogP contribution < -0.4 is 4.74 Å². The van der Waals surface area contributed by atoms with Crippen molar-refractivity contribution in [3.05, 3.63) is 47.5 Å². The Balaban J connectivity index is 1.58. The minimum absolute atomic E-state index is 0.0981. The van der Waals surface area contributed by atoms with Gasteiger partial charge in [-0.05, 0) is 35.4 Å². The predicted molar refractivity (Wildman–Crippen MR) is 88.8 cm³/mol. The molecule has 2 fully saturated rings. The van der Waals surface area contributed by atoms with Crippen LogP contribution in [0, 0.1) is 11.8 Å². The lowest BCUT2D eigenvalue weighted by Gasteiger charge is -2.17. The number of ether oxygens (including phenoxy) is 3. The average Bonchev–Trinajstić information content (AvgIpc) is 3.20. The molecule has 0 saturated carbocycles. The van der Waals surface area contributed by atoms with E-state index < -0.39 is 0 Å². The molecule has 6 heteroatoms. The van der Waals surface area contributed by atoms with Crippen LogP contribution in [0.2, 0.25) is 0 Å². The number of benzene rings is 2. The number of rotatable bonds is 3. The Labute approximate surface area is 145 Å². The summed E-state index contributed by atoms with van der Waals surface area (Å²) in [5, 5.41) is 29.0. The number of phenolic OH excluding ortho intramolecular Hbond substituents is 3. The van der Waals surface area contributed by atoms with Gasteiger partial charge in [0.15, 0.2) is 23.0 Å². The number of aromatic hydroxyl groups is 3. The van der Waals surface area contributed by atoms with Crippen LogP contribution >= 0.6 is 0 Å². The first-order valence-electron chi connectivity index (χ1n) is 8.20. The molecule has 25 heavy (non-hydrogen) atoms. The van der Waals surface area contributed by atoms with Gasteiger partial charge < -0.3 is 29.5 Å². The number of fused-ring (bicyclic) bond motifs is 1. The monoisotopic (exact) mass is 344 g/mol. The maximum absolute atomic E-state index is 9.77. The summed E-state index contributed by atoms with van der Waals surface area (Å²) < 4.78 is 17.2. The normalized spacial score (nSPS) is 28.0. The maximum Gasteiger partial charge on any atom is 0.160 e. The van der Waals surface area contributed by atoms with E-state index in [4.69, 9.17) is 14.2 Å². The van der Waals surface area contributed by atoms with Crippen LogP contribution in [0.5, 0.6) is 23.0 Å². The number of hydrogen-bond acceptors (Lipinski definition) is 6. The molecule has 6 nitrogen and oxygen atoms in total. The zero-order valence-corrected chi connectivity index (χ0v) is 13.8. The second kappa shape index (κ2) is 6.13. The van der Waals surface area contributed by atoms with Crippen LogP contribution in [0.15, 0.2) is 36.4 Å². The van der Waals surface area contributed by atoms with Crippen LogP contribution in [-0.4, -0.2) is 35.6 Å².